The highest BCUT2D eigenvalue weighted by Gasteiger charge is 2.15. The molecule has 0 aliphatic heterocycles. The third-order valence-corrected chi connectivity index (χ3v) is 5.63. The molecule has 188 valence electrons. The number of amides is 3. The molecule has 0 unspecified atom stereocenters. The van der Waals surface area contributed by atoms with E-state index in [2.05, 4.69) is 20.6 Å². The van der Waals surface area contributed by atoms with Crippen molar-refractivity contribution in [2.24, 2.45) is 0 Å². The van der Waals surface area contributed by atoms with Gasteiger partial charge in [-0.2, -0.15) is 0 Å². The van der Waals surface area contributed by atoms with E-state index >= 15 is 0 Å². The first-order chi connectivity index (χ1) is 17.3. The van der Waals surface area contributed by atoms with E-state index in [1.807, 2.05) is 44.2 Å². The molecule has 2 aromatic heterocycles. The van der Waals surface area contributed by atoms with Gasteiger partial charge in [-0.05, 0) is 62.2 Å². The molecule has 0 atom stereocenters. The summed E-state index contributed by atoms with van der Waals surface area (Å²) >= 11 is 0. The number of aryl methyl sites for hydroxylation is 2. The molecule has 1 aromatic carbocycles. The number of nitrogens with one attached hydrogen (secondary N) is 2. The number of benzene rings is 1. The Hall–Kier alpha value is -4.27. The molecule has 36 heavy (non-hydrogen) atoms. The Bertz CT molecular complexity index is 1230. The minimum absolute atomic E-state index is 0.133. The number of hydrogen-bond donors (Lipinski definition) is 2. The topological polar surface area (TPSA) is 114 Å². The normalized spacial score (nSPS) is 10.4. The number of hydrogen-bond acceptors (Lipinski definition) is 6. The molecule has 3 aromatic rings. The molecule has 0 saturated carbocycles. The van der Waals surface area contributed by atoms with E-state index in [9.17, 15) is 14.4 Å². The van der Waals surface area contributed by atoms with Crippen molar-refractivity contribution in [1.82, 2.24) is 20.6 Å². The van der Waals surface area contributed by atoms with Crippen molar-refractivity contribution in [2.75, 3.05) is 24.6 Å². The van der Waals surface area contributed by atoms with Crippen molar-refractivity contribution in [2.45, 2.75) is 34.2 Å². The van der Waals surface area contributed by atoms with Crippen LogP contribution in [-0.2, 0) is 16.1 Å². The Morgan fingerprint density at radius 3 is 2.47 bits per heavy atom. The fraction of sp³-hybridized carbons (Fsp3) is 0.296. The number of rotatable bonds is 9. The highest BCUT2D eigenvalue weighted by Crippen LogP contribution is 2.26. The number of anilines is 1. The summed E-state index contributed by atoms with van der Waals surface area (Å²) in [4.78, 5) is 46.6. The van der Waals surface area contributed by atoms with Gasteiger partial charge in [0.15, 0.2) is 0 Å². The van der Waals surface area contributed by atoms with Gasteiger partial charge in [-0.3, -0.25) is 19.6 Å². The van der Waals surface area contributed by atoms with Gasteiger partial charge in [0.2, 0.25) is 5.91 Å². The summed E-state index contributed by atoms with van der Waals surface area (Å²) in [6.07, 6.45) is 2.76. The van der Waals surface area contributed by atoms with E-state index in [1.54, 1.807) is 36.4 Å². The lowest BCUT2D eigenvalue weighted by molar-refractivity contribution is -0.116. The first-order valence-electron chi connectivity index (χ1n) is 11.7. The van der Waals surface area contributed by atoms with Crippen LogP contribution in [0.25, 0.3) is 11.3 Å². The number of carbonyl (C=O) groups is 3. The van der Waals surface area contributed by atoms with Gasteiger partial charge >= 0.3 is 6.09 Å². The Morgan fingerprint density at radius 1 is 1.03 bits per heavy atom. The Morgan fingerprint density at radius 2 is 1.83 bits per heavy atom. The highest BCUT2D eigenvalue weighted by molar-refractivity contribution is 5.94. The Labute approximate surface area is 210 Å². The quantitative estimate of drug-likeness (QED) is 0.473. The summed E-state index contributed by atoms with van der Waals surface area (Å²) in [5, 5.41) is 5.53. The van der Waals surface area contributed by atoms with E-state index in [4.69, 9.17) is 4.74 Å². The maximum atomic E-state index is 12.5. The molecular formula is C27H31N5O4. The van der Waals surface area contributed by atoms with Crippen LogP contribution >= 0.6 is 0 Å². The van der Waals surface area contributed by atoms with Gasteiger partial charge in [-0.15, -0.1) is 0 Å². The van der Waals surface area contributed by atoms with Crippen LogP contribution in [0.3, 0.4) is 0 Å². The van der Waals surface area contributed by atoms with Crippen molar-refractivity contribution < 1.29 is 19.1 Å². The van der Waals surface area contributed by atoms with Gasteiger partial charge in [0.1, 0.15) is 0 Å². The molecule has 0 bridgehead atoms. The summed E-state index contributed by atoms with van der Waals surface area (Å²) in [6, 6.07) is 13.0. The van der Waals surface area contributed by atoms with E-state index in [1.165, 1.54) is 6.92 Å². The van der Waals surface area contributed by atoms with E-state index in [0.717, 1.165) is 28.1 Å². The summed E-state index contributed by atoms with van der Waals surface area (Å²) in [5.74, 6) is -0.344. The fourth-order valence-corrected chi connectivity index (χ4v) is 3.70. The molecule has 0 spiro atoms. The molecule has 9 heteroatoms. The van der Waals surface area contributed by atoms with Crippen molar-refractivity contribution in [3.63, 3.8) is 0 Å². The average Bonchev–Trinajstić information content (AvgIpc) is 2.86. The maximum Gasteiger partial charge on any atom is 0.407 e. The van der Waals surface area contributed by atoms with Gasteiger partial charge < -0.3 is 20.3 Å². The van der Waals surface area contributed by atoms with Crippen LogP contribution in [0.15, 0.2) is 54.9 Å². The first-order valence-corrected chi connectivity index (χ1v) is 11.7. The summed E-state index contributed by atoms with van der Waals surface area (Å²) in [5.41, 5.74) is 5.51. The second kappa shape index (κ2) is 12.4. The SMILES string of the molecule is CCOC(=O)NCCN(C(C)=O)c1ccc(-c2ccc(C(=O)NCc3cccnc3C)cn2)cc1C. The Balaban J connectivity index is 1.66. The minimum atomic E-state index is -0.511. The number of carbonyl (C=O) groups excluding carboxylic acids is 3. The lowest BCUT2D eigenvalue weighted by Gasteiger charge is -2.23. The largest absolute Gasteiger partial charge is 0.450 e. The van der Waals surface area contributed by atoms with E-state index in [0.29, 0.717) is 24.3 Å². The molecule has 9 nitrogen and oxygen atoms in total. The number of alkyl carbamates (subject to hydrolysis) is 1. The molecule has 3 rings (SSSR count). The molecule has 0 radical (unpaired) electrons. The monoisotopic (exact) mass is 489 g/mol. The van der Waals surface area contributed by atoms with Gasteiger partial charge in [0.05, 0.1) is 17.9 Å². The molecule has 0 aliphatic carbocycles. The van der Waals surface area contributed by atoms with Crippen LogP contribution < -0.4 is 15.5 Å². The van der Waals surface area contributed by atoms with Crippen LogP contribution in [0.4, 0.5) is 10.5 Å². The molecule has 2 heterocycles. The fourth-order valence-electron chi connectivity index (χ4n) is 3.70. The zero-order valence-corrected chi connectivity index (χ0v) is 21.0. The number of nitrogens with zero attached hydrogens (tertiary/aromatic N) is 3. The molecule has 2 N–H and O–H groups in total. The third-order valence-electron chi connectivity index (χ3n) is 5.63. The molecule has 0 aliphatic rings. The zero-order valence-electron chi connectivity index (χ0n) is 21.0. The summed E-state index contributed by atoms with van der Waals surface area (Å²) in [6.45, 7) is 8.29. The molecule has 0 fully saturated rings. The van der Waals surface area contributed by atoms with E-state index in [-0.39, 0.29) is 25.0 Å². The van der Waals surface area contributed by atoms with Crippen LogP contribution in [-0.4, -0.2) is 47.6 Å². The molecule has 3 amide bonds. The smallest absolute Gasteiger partial charge is 0.407 e. The predicted molar refractivity (Wildman–Crippen MR) is 138 cm³/mol. The highest BCUT2D eigenvalue weighted by atomic mass is 16.5. The summed E-state index contributed by atoms with van der Waals surface area (Å²) in [7, 11) is 0. The predicted octanol–water partition coefficient (Wildman–Crippen LogP) is 3.79. The molecular weight excluding hydrogens is 458 g/mol. The first kappa shape index (κ1) is 26.3. The van der Waals surface area contributed by atoms with Crippen LogP contribution in [0.2, 0.25) is 0 Å². The van der Waals surface area contributed by atoms with Crippen LogP contribution in [0.1, 0.15) is 41.0 Å². The van der Waals surface area contributed by atoms with Crippen LogP contribution in [0.5, 0.6) is 0 Å². The van der Waals surface area contributed by atoms with Crippen molar-refractivity contribution in [3.8, 4) is 11.3 Å². The minimum Gasteiger partial charge on any atom is -0.450 e. The van der Waals surface area contributed by atoms with E-state index < -0.39 is 6.09 Å². The zero-order chi connectivity index (χ0) is 26.1. The van der Waals surface area contributed by atoms with Crippen LogP contribution in [0, 0.1) is 13.8 Å². The summed E-state index contributed by atoms with van der Waals surface area (Å²) < 4.78 is 4.85. The van der Waals surface area contributed by atoms with Gasteiger partial charge in [-0.1, -0.05) is 12.1 Å². The second-order valence-electron chi connectivity index (χ2n) is 8.18. The average molecular weight is 490 g/mol. The Kier molecular flexibility index (Phi) is 9.10. The lowest BCUT2D eigenvalue weighted by atomic mass is 10.0. The molecule has 0 saturated heterocycles. The van der Waals surface area contributed by atoms with Crippen molar-refractivity contribution in [1.29, 1.82) is 0 Å². The van der Waals surface area contributed by atoms with Crippen molar-refractivity contribution in [3.05, 3.63) is 77.2 Å². The van der Waals surface area contributed by atoms with Gasteiger partial charge in [0, 0.05) is 55.9 Å². The number of ether oxygens (including phenoxy) is 1. The second-order valence-corrected chi connectivity index (χ2v) is 8.18. The van der Waals surface area contributed by atoms with Gasteiger partial charge in [0.25, 0.3) is 5.91 Å². The van der Waals surface area contributed by atoms with Crippen molar-refractivity contribution >= 4 is 23.6 Å². The lowest BCUT2D eigenvalue weighted by Crippen LogP contribution is -2.38. The number of aromatic nitrogens is 2. The number of pyridine rings is 2. The third kappa shape index (κ3) is 6.88. The standard InChI is InChI=1S/C27H31N5O4/c1-5-36-27(35)29-13-14-32(20(4)33)25-11-9-21(15-18(25)2)24-10-8-23(17-30-24)26(34)31-16-22-7-6-12-28-19(22)3/h6-12,15,17H,5,13-14,16H2,1-4H3,(H,29,35)(H,31,34). The van der Waals surface area contributed by atoms with Gasteiger partial charge in [-0.25, -0.2) is 4.79 Å². The maximum absolute atomic E-state index is 12.5.